The van der Waals surface area contributed by atoms with Gasteiger partial charge in [-0.3, -0.25) is 0 Å². The minimum absolute atomic E-state index is 1.10. The van der Waals surface area contributed by atoms with Crippen LogP contribution in [0.2, 0.25) is 0 Å². The molecule has 3 heteroatoms. The van der Waals surface area contributed by atoms with Gasteiger partial charge in [-0.25, -0.2) is 0 Å². The fourth-order valence-corrected chi connectivity index (χ4v) is 5.74. The molecule has 0 aliphatic rings. The molecule has 0 fully saturated rings. The molecular formula is C18H19BrS2. The largest absolute Gasteiger partial charge is 0.134 e. The van der Waals surface area contributed by atoms with Crippen LogP contribution in [0.25, 0.3) is 19.8 Å². The molecule has 0 aliphatic heterocycles. The van der Waals surface area contributed by atoms with Crippen LogP contribution in [0, 0.1) is 0 Å². The van der Waals surface area contributed by atoms with E-state index < -0.39 is 0 Å². The molecule has 0 bridgehead atoms. The van der Waals surface area contributed by atoms with E-state index in [0.717, 1.165) is 6.42 Å². The van der Waals surface area contributed by atoms with Crippen LogP contribution in [0.1, 0.15) is 37.8 Å². The Balaban J connectivity index is 1.98. The molecule has 0 N–H and O–H groups in total. The van der Waals surface area contributed by atoms with Crippen LogP contribution in [0.3, 0.4) is 0 Å². The summed E-state index contributed by atoms with van der Waals surface area (Å²) in [4.78, 5) is 1.41. The Morgan fingerprint density at radius 2 is 1.81 bits per heavy atom. The van der Waals surface area contributed by atoms with Gasteiger partial charge in [-0.2, -0.15) is 0 Å². The Hall–Kier alpha value is -0.640. The number of hydrogen-bond acceptors (Lipinski definition) is 2. The molecular weight excluding hydrogens is 360 g/mol. The maximum atomic E-state index is 3.57. The van der Waals surface area contributed by atoms with Crippen LogP contribution >= 0.6 is 38.6 Å². The number of benzene rings is 1. The molecule has 0 aliphatic carbocycles. The first-order valence-corrected chi connectivity index (χ1v) is 9.95. The van der Waals surface area contributed by atoms with Crippen molar-refractivity contribution in [1.29, 1.82) is 0 Å². The summed E-state index contributed by atoms with van der Waals surface area (Å²) < 4.78 is 4.00. The van der Waals surface area contributed by atoms with Gasteiger partial charge in [0, 0.05) is 14.3 Å². The second-order valence-corrected chi connectivity index (χ2v) is 8.89. The van der Waals surface area contributed by atoms with E-state index in [1.54, 1.807) is 0 Å². The number of unbranched alkanes of at least 4 members (excludes halogenated alkanes) is 1. The Labute approximate surface area is 143 Å². The molecule has 110 valence electrons. The molecule has 2 heterocycles. The SMILES string of the molecule is CCCCc1ccc(-c2cc3sc(Br)cc3s2)c(CC)c1. The molecule has 0 atom stereocenters. The van der Waals surface area contributed by atoms with Gasteiger partial charge < -0.3 is 0 Å². The zero-order chi connectivity index (χ0) is 14.8. The Morgan fingerprint density at radius 3 is 2.52 bits per heavy atom. The third-order valence-corrected chi connectivity index (χ3v) is 6.64. The molecule has 0 spiro atoms. The Kier molecular flexibility index (Phi) is 4.82. The van der Waals surface area contributed by atoms with Crippen LogP contribution < -0.4 is 0 Å². The summed E-state index contributed by atoms with van der Waals surface area (Å²) in [6.07, 6.45) is 4.85. The predicted octanol–water partition coefficient (Wildman–Crippen LogP) is 7.30. The van der Waals surface area contributed by atoms with Crippen LogP contribution in [-0.4, -0.2) is 0 Å². The van der Waals surface area contributed by atoms with E-state index in [1.165, 1.54) is 54.0 Å². The summed E-state index contributed by atoms with van der Waals surface area (Å²) in [5, 5.41) is 0. The van der Waals surface area contributed by atoms with E-state index >= 15 is 0 Å². The highest BCUT2D eigenvalue weighted by Gasteiger charge is 2.11. The molecule has 0 nitrogen and oxygen atoms in total. The van der Waals surface area contributed by atoms with Gasteiger partial charge in [-0.15, -0.1) is 22.7 Å². The smallest absolute Gasteiger partial charge is 0.0719 e. The third-order valence-electron chi connectivity index (χ3n) is 3.81. The van der Waals surface area contributed by atoms with Crippen molar-refractivity contribution in [2.75, 3.05) is 0 Å². The summed E-state index contributed by atoms with van der Waals surface area (Å²) in [5.74, 6) is 0. The van der Waals surface area contributed by atoms with Crippen molar-refractivity contribution >= 4 is 48.0 Å². The molecule has 2 aromatic heterocycles. The van der Waals surface area contributed by atoms with Crippen LogP contribution in [0.4, 0.5) is 0 Å². The summed E-state index contributed by atoms with van der Waals surface area (Å²) >= 11 is 7.30. The minimum Gasteiger partial charge on any atom is -0.134 e. The Bertz CT molecular complexity index is 720. The molecule has 1 aromatic carbocycles. The maximum Gasteiger partial charge on any atom is 0.0719 e. The summed E-state index contributed by atoms with van der Waals surface area (Å²) in [6, 6.07) is 11.6. The van der Waals surface area contributed by atoms with Gasteiger partial charge in [0.1, 0.15) is 0 Å². The normalized spacial score (nSPS) is 11.4. The predicted molar refractivity (Wildman–Crippen MR) is 101 cm³/mol. The topological polar surface area (TPSA) is 0 Å². The molecule has 3 rings (SSSR count). The van der Waals surface area contributed by atoms with Crippen molar-refractivity contribution in [2.24, 2.45) is 0 Å². The summed E-state index contributed by atoms with van der Waals surface area (Å²) in [5.41, 5.74) is 4.39. The number of rotatable bonds is 5. The average molecular weight is 379 g/mol. The number of fused-ring (bicyclic) bond motifs is 1. The second-order valence-electron chi connectivity index (χ2n) is 5.34. The molecule has 21 heavy (non-hydrogen) atoms. The van der Waals surface area contributed by atoms with E-state index in [9.17, 15) is 0 Å². The maximum absolute atomic E-state index is 3.57. The van der Waals surface area contributed by atoms with Crippen molar-refractivity contribution in [3.8, 4) is 10.4 Å². The second kappa shape index (κ2) is 6.64. The molecule has 0 saturated carbocycles. The van der Waals surface area contributed by atoms with Crippen LogP contribution in [-0.2, 0) is 12.8 Å². The van der Waals surface area contributed by atoms with Gasteiger partial charge in [0.15, 0.2) is 0 Å². The van der Waals surface area contributed by atoms with Crippen molar-refractivity contribution in [1.82, 2.24) is 0 Å². The fraction of sp³-hybridized carbons (Fsp3) is 0.333. The first kappa shape index (κ1) is 15.3. The lowest BCUT2D eigenvalue weighted by atomic mass is 9.98. The van der Waals surface area contributed by atoms with Gasteiger partial charge in [-0.1, -0.05) is 38.5 Å². The lowest BCUT2D eigenvalue weighted by Gasteiger charge is -2.09. The van der Waals surface area contributed by atoms with E-state index in [-0.39, 0.29) is 0 Å². The first-order valence-electron chi connectivity index (χ1n) is 7.52. The molecule has 0 unspecified atom stereocenters. The molecule has 0 amide bonds. The zero-order valence-electron chi connectivity index (χ0n) is 12.4. The monoisotopic (exact) mass is 378 g/mol. The number of hydrogen-bond donors (Lipinski definition) is 0. The number of halogens is 1. The van der Waals surface area contributed by atoms with Gasteiger partial charge in [0.05, 0.1) is 3.79 Å². The number of thiophene rings is 2. The summed E-state index contributed by atoms with van der Waals surface area (Å²) in [6.45, 7) is 4.51. The average Bonchev–Trinajstić information content (AvgIpc) is 3.01. The zero-order valence-corrected chi connectivity index (χ0v) is 15.6. The lowest BCUT2D eigenvalue weighted by Crippen LogP contribution is -1.91. The van der Waals surface area contributed by atoms with Gasteiger partial charge in [0.2, 0.25) is 0 Å². The van der Waals surface area contributed by atoms with Crippen molar-refractivity contribution in [3.63, 3.8) is 0 Å². The quantitative estimate of drug-likeness (QED) is 0.436. The fourth-order valence-electron chi connectivity index (χ4n) is 2.66. The molecule has 0 radical (unpaired) electrons. The Morgan fingerprint density at radius 1 is 1.00 bits per heavy atom. The lowest BCUT2D eigenvalue weighted by molar-refractivity contribution is 0.794. The van der Waals surface area contributed by atoms with Gasteiger partial charge >= 0.3 is 0 Å². The highest BCUT2D eigenvalue weighted by atomic mass is 79.9. The van der Waals surface area contributed by atoms with Gasteiger partial charge in [-0.05, 0) is 64.0 Å². The van der Waals surface area contributed by atoms with Crippen molar-refractivity contribution in [3.05, 3.63) is 45.2 Å². The van der Waals surface area contributed by atoms with Crippen molar-refractivity contribution < 1.29 is 0 Å². The summed E-state index contributed by atoms with van der Waals surface area (Å²) in [7, 11) is 0. The van der Waals surface area contributed by atoms with E-state index in [1.807, 2.05) is 22.7 Å². The molecule has 3 aromatic rings. The highest BCUT2D eigenvalue weighted by molar-refractivity contribution is 9.11. The minimum atomic E-state index is 1.10. The van der Waals surface area contributed by atoms with Crippen LogP contribution in [0.15, 0.2) is 34.1 Å². The standard InChI is InChI=1S/C18H19BrS2/c1-3-5-6-12-7-8-14(13(4-2)9-12)15-10-16-17(20-15)11-18(19)21-16/h7-11H,3-6H2,1-2H3. The van der Waals surface area contributed by atoms with E-state index in [2.05, 4.69) is 60.1 Å². The highest BCUT2D eigenvalue weighted by Crippen LogP contribution is 2.41. The van der Waals surface area contributed by atoms with Crippen LogP contribution in [0.5, 0.6) is 0 Å². The van der Waals surface area contributed by atoms with E-state index in [4.69, 9.17) is 0 Å². The first-order chi connectivity index (χ1) is 10.2. The van der Waals surface area contributed by atoms with Gasteiger partial charge in [0.25, 0.3) is 0 Å². The van der Waals surface area contributed by atoms with E-state index in [0.29, 0.717) is 0 Å². The molecule has 0 saturated heterocycles. The van der Waals surface area contributed by atoms with Crippen molar-refractivity contribution in [2.45, 2.75) is 39.5 Å². The third kappa shape index (κ3) is 3.25. The number of aryl methyl sites for hydroxylation is 2.